The predicted octanol–water partition coefficient (Wildman–Crippen LogP) is 3.12. The SMILES string of the molecule is CCOC(=O)/C(=C\c1csc(Br)n1)N=[N+]=[N-]. The van der Waals surface area contributed by atoms with Crippen LogP contribution < -0.4 is 0 Å². The van der Waals surface area contributed by atoms with E-state index < -0.39 is 5.97 Å². The first-order chi connectivity index (χ1) is 7.67. The number of rotatable bonds is 4. The summed E-state index contributed by atoms with van der Waals surface area (Å²) in [5, 5.41) is 4.98. The Morgan fingerprint density at radius 3 is 3.12 bits per heavy atom. The Bertz CT molecular complexity index is 464. The fourth-order valence-electron chi connectivity index (χ4n) is 0.851. The summed E-state index contributed by atoms with van der Waals surface area (Å²) < 4.78 is 5.41. The fraction of sp³-hybridized carbons (Fsp3) is 0.250. The Labute approximate surface area is 104 Å². The molecule has 6 nitrogen and oxygen atoms in total. The van der Waals surface area contributed by atoms with E-state index in [-0.39, 0.29) is 12.3 Å². The molecule has 1 rings (SSSR count). The van der Waals surface area contributed by atoms with E-state index in [2.05, 4.69) is 30.9 Å². The number of aromatic nitrogens is 1. The highest BCUT2D eigenvalue weighted by molar-refractivity contribution is 9.11. The van der Waals surface area contributed by atoms with Crippen molar-refractivity contribution in [1.29, 1.82) is 0 Å². The van der Waals surface area contributed by atoms with Crippen LogP contribution in [0.1, 0.15) is 12.6 Å². The van der Waals surface area contributed by atoms with Crippen molar-refractivity contribution in [3.05, 3.63) is 31.1 Å². The lowest BCUT2D eigenvalue weighted by Crippen LogP contribution is -2.05. The van der Waals surface area contributed by atoms with E-state index in [1.165, 1.54) is 17.4 Å². The number of esters is 1. The summed E-state index contributed by atoms with van der Waals surface area (Å²) in [4.78, 5) is 18.0. The first kappa shape index (κ1) is 12.7. The lowest BCUT2D eigenvalue weighted by atomic mass is 10.3. The zero-order valence-corrected chi connectivity index (χ0v) is 10.7. The molecule has 0 bridgehead atoms. The van der Waals surface area contributed by atoms with Gasteiger partial charge in [-0.15, -0.1) is 11.3 Å². The number of halogens is 1. The maximum absolute atomic E-state index is 11.4. The van der Waals surface area contributed by atoms with Crippen molar-refractivity contribution in [3.8, 4) is 0 Å². The van der Waals surface area contributed by atoms with Crippen LogP contribution in [0.15, 0.2) is 20.1 Å². The van der Waals surface area contributed by atoms with Crippen LogP contribution in [-0.4, -0.2) is 17.6 Å². The zero-order valence-electron chi connectivity index (χ0n) is 8.25. The summed E-state index contributed by atoms with van der Waals surface area (Å²) >= 11 is 4.55. The van der Waals surface area contributed by atoms with E-state index in [1.54, 1.807) is 12.3 Å². The van der Waals surface area contributed by atoms with Crippen LogP contribution >= 0.6 is 27.3 Å². The minimum atomic E-state index is -0.663. The first-order valence-electron chi connectivity index (χ1n) is 4.22. The minimum absolute atomic E-state index is 0.109. The van der Waals surface area contributed by atoms with Gasteiger partial charge in [-0.3, -0.25) is 0 Å². The van der Waals surface area contributed by atoms with Gasteiger partial charge in [-0.1, -0.05) is 5.11 Å². The molecule has 0 saturated carbocycles. The van der Waals surface area contributed by atoms with Crippen molar-refractivity contribution in [2.75, 3.05) is 6.61 Å². The van der Waals surface area contributed by atoms with Crippen LogP contribution in [0.4, 0.5) is 0 Å². The lowest BCUT2D eigenvalue weighted by molar-refractivity contribution is -0.138. The summed E-state index contributed by atoms with van der Waals surface area (Å²) in [6.45, 7) is 1.89. The number of nitrogens with zero attached hydrogens (tertiary/aromatic N) is 4. The van der Waals surface area contributed by atoms with Gasteiger partial charge in [0.05, 0.1) is 12.3 Å². The van der Waals surface area contributed by atoms with Gasteiger partial charge in [-0.05, 0) is 34.5 Å². The highest BCUT2D eigenvalue weighted by atomic mass is 79.9. The molecule has 1 aromatic heterocycles. The highest BCUT2D eigenvalue weighted by Gasteiger charge is 2.09. The second-order valence-corrected chi connectivity index (χ2v) is 4.60. The molecular weight excluding hydrogens is 296 g/mol. The number of hydrogen-bond donors (Lipinski definition) is 0. The van der Waals surface area contributed by atoms with Crippen molar-refractivity contribution in [3.63, 3.8) is 0 Å². The van der Waals surface area contributed by atoms with Crippen LogP contribution in [0.5, 0.6) is 0 Å². The molecule has 0 fully saturated rings. The maximum Gasteiger partial charge on any atom is 0.340 e. The number of carbonyl (C=O) groups excluding carboxylic acids is 1. The summed E-state index contributed by atoms with van der Waals surface area (Å²) in [7, 11) is 0. The molecule has 0 atom stereocenters. The van der Waals surface area contributed by atoms with Gasteiger partial charge in [0, 0.05) is 10.3 Å². The van der Waals surface area contributed by atoms with Crippen LogP contribution in [0.3, 0.4) is 0 Å². The van der Waals surface area contributed by atoms with E-state index in [4.69, 9.17) is 10.3 Å². The molecule has 1 heterocycles. The van der Waals surface area contributed by atoms with Gasteiger partial charge in [0.1, 0.15) is 5.70 Å². The molecule has 0 aliphatic heterocycles. The Morgan fingerprint density at radius 1 is 1.88 bits per heavy atom. The van der Waals surface area contributed by atoms with Gasteiger partial charge in [0.25, 0.3) is 0 Å². The predicted molar refractivity (Wildman–Crippen MR) is 63.6 cm³/mol. The number of hydrogen-bond acceptors (Lipinski definition) is 5. The molecule has 0 radical (unpaired) electrons. The molecule has 0 aliphatic rings. The van der Waals surface area contributed by atoms with E-state index in [1.807, 2.05) is 0 Å². The van der Waals surface area contributed by atoms with Crippen LogP contribution in [0.2, 0.25) is 0 Å². The topological polar surface area (TPSA) is 88.0 Å². The monoisotopic (exact) mass is 302 g/mol. The van der Waals surface area contributed by atoms with Gasteiger partial charge in [0.2, 0.25) is 0 Å². The molecule has 0 aliphatic carbocycles. The van der Waals surface area contributed by atoms with Gasteiger partial charge in [0.15, 0.2) is 3.92 Å². The average molecular weight is 303 g/mol. The third-order valence-corrected chi connectivity index (χ3v) is 2.80. The smallest absolute Gasteiger partial charge is 0.340 e. The average Bonchev–Trinajstić information content (AvgIpc) is 2.64. The van der Waals surface area contributed by atoms with Crippen LogP contribution in [0, 0.1) is 0 Å². The number of ether oxygens (including phenoxy) is 1. The minimum Gasteiger partial charge on any atom is -0.462 e. The number of azide groups is 1. The highest BCUT2D eigenvalue weighted by Crippen LogP contribution is 2.18. The Balaban J connectivity index is 2.97. The molecule has 0 aromatic carbocycles. The summed E-state index contributed by atoms with van der Waals surface area (Å²) in [6, 6.07) is 0. The Hall–Kier alpha value is -1.37. The summed E-state index contributed by atoms with van der Waals surface area (Å²) in [6.07, 6.45) is 1.37. The van der Waals surface area contributed by atoms with E-state index in [9.17, 15) is 4.79 Å². The third kappa shape index (κ3) is 3.65. The van der Waals surface area contributed by atoms with Gasteiger partial charge < -0.3 is 4.74 Å². The lowest BCUT2D eigenvalue weighted by Gasteiger charge is -1.99. The molecule has 0 saturated heterocycles. The molecule has 0 amide bonds. The molecule has 0 spiro atoms. The van der Waals surface area contributed by atoms with Crippen molar-refractivity contribution in [1.82, 2.24) is 4.98 Å². The molecular formula is C8H7BrN4O2S. The maximum atomic E-state index is 11.4. The quantitative estimate of drug-likeness (QED) is 0.281. The Kier molecular flexibility index (Phi) is 4.97. The summed E-state index contributed by atoms with van der Waals surface area (Å²) in [5.41, 5.74) is 8.75. The van der Waals surface area contributed by atoms with Crippen molar-refractivity contribution in [2.24, 2.45) is 5.11 Å². The van der Waals surface area contributed by atoms with Crippen LogP contribution in [-0.2, 0) is 9.53 Å². The first-order valence-corrected chi connectivity index (χ1v) is 5.89. The van der Waals surface area contributed by atoms with E-state index in [0.29, 0.717) is 9.61 Å². The third-order valence-electron chi connectivity index (χ3n) is 1.42. The molecule has 0 unspecified atom stereocenters. The summed E-state index contributed by atoms with van der Waals surface area (Å²) in [5.74, 6) is -0.663. The van der Waals surface area contributed by atoms with E-state index >= 15 is 0 Å². The van der Waals surface area contributed by atoms with Gasteiger partial charge in [-0.25, -0.2) is 9.78 Å². The molecule has 1 aromatic rings. The van der Waals surface area contributed by atoms with Crippen LogP contribution in [0.25, 0.3) is 16.5 Å². The second-order valence-electron chi connectivity index (χ2n) is 2.46. The standard InChI is InChI=1S/C8H7BrN4O2S/c1-2-15-7(14)6(12-13-10)3-5-4-16-8(9)11-5/h3-4H,2H2,1H3/b6-3+. The normalized spacial score (nSPS) is 10.8. The fourth-order valence-corrected chi connectivity index (χ4v) is 1.83. The second kappa shape index (κ2) is 6.26. The molecule has 84 valence electrons. The van der Waals surface area contributed by atoms with Crippen molar-refractivity contribution >= 4 is 39.3 Å². The van der Waals surface area contributed by atoms with Crippen molar-refractivity contribution < 1.29 is 9.53 Å². The molecule has 8 heteroatoms. The number of thiazole rings is 1. The molecule has 16 heavy (non-hydrogen) atoms. The Morgan fingerprint density at radius 2 is 2.62 bits per heavy atom. The largest absolute Gasteiger partial charge is 0.462 e. The van der Waals surface area contributed by atoms with E-state index in [0.717, 1.165) is 0 Å². The zero-order chi connectivity index (χ0) is 12.0. The number of carbonyl (C=O) groups is 1. The van der Waals surface area contributed by atoms with Gasteiger partial charge in [-0.2, -0.15) is 0 Å². The molecule has 0 N–H and O–H groups in total. The van der Waals surface area contributed by atoms with Gasteiger partial charge >= 0.3 is 5.97 Å². The van der Waals surface area contributed by atoms with Crippen molar-refractivity contribution in [2.45, 2.75) is 6.92 Å².